The van der Waals surface area contributed by atoms with Gasteiger partial charge in [-0.2, -0.15) is 0 Å². The van der Waals surface area contributed by atoms with E-state index in [1.807, 2.05) is 6.08 Å². The molecule has 2 aromatic rings. The van der Waals surface area contributed by atoms with Crippen LogP contribution in [-0.2, 0) is 13.0 Å². The molecule has 0 saturated carbocycles. The molecule has 0 saturated heterocycles. The summed E-state index contributed by atoms with van der Waals surface area (Å²) >= 11 is 0. The zero-order valence-electron chi connectivity index (χ0n) is 22.3. The SMILES string of the molecule is C=Cc1ccc([C@H](CC)NC(=C)C(=C)/C=C(\C)CC(=C)NCc2ccc3c(c2)NC(=C)CC3)c(C)c1. The fourth-order valence-corrected chi connectivity index (χ4v) is 4.59. The summed E-state index contributed by atoms with van der Waals surface area (Å²) in [4.78, 5) is 0. The molecular formula is C33H41N3. The lowest BCUT2D eigenvalue weighted by Crippen LogP contribution is -2.21. The quantitative estimate of drug-likeness (QED) is 0.268. The maximum Gasteiger partial charge on any atom is 0.0513 e. The number of anilines is 1. The van der Waals surface area contributed by atoms with Gasteiger partial charge in [0.05, 0.1) is 6.04 Å². The largest absolute Gasteiger partial charge is 0.384 e. The molecule has 3 heteroatoms. The highest BCUT2D eigenvalue weighted by atomic mass is 14.9. The molecule has 0 aliphatic carbocycles. The Hall–Kier alpha value is -3.72. The standard InChI is InChI=1S/C33H41N3/c1-9-28-13-16-31(24(5)19-28)32(10-2)36-27(8)23(4)17-22(3)18-26(7)34-21-29-12-15-30-14-11-25(6)35-33(30)20-29/h9,12-13,15-17,19-20,32,34-36H,1,4,6-8,10-11,14,18,21H2,2-3,5H3/b22-17+/t32-/m0/s1. The summed E-state index contributed by atoms with van der Waals surface area (Å²) in [5.74, 6) is 0. The number of hydrogen-bond acceptors (Lipinski definition) is 3. The summed E-state index contributed by atoms with van der Waals surface area (Å²) in [6.45, 7) is 27.8. The molecule has 0 bridgehead atoms. The van der Waals surface area contributed by atoms with Gasteiger partial charge in [-0.1, -0.05) is 87.9 Å². The first-order chi connectivity index (χ1) is 17.2. The van der Waals surface area contributed by atoms with E-state index in [-0.39, 0.29) is 6.04 Å². The Labute approximate surface area is 218 Å². The van der Waals surface area contributed by atoms with Crippen molar-refractivity contribution >= 4 is 11.8 Å². The molecule has 0 radical (unpaired) electrons. The van der Waals surface area contributed by atoms with Gasteiger partial charge in [-0.15, -0.1) is 0 Å². The topological polar surface area (TPSA) is 36.1 Å². The van der Waals surface area contributed by atoms with E-state index >= 15 is 0 Å². The van der Waals surface area contributed by atoms with Gasteiger partial charge in [0, 0.05) is 35.7 Å². The second-order valence-electron chi connectivity index (χ2n) is 9.77. The number of aryl methyl sites for hydroxylation is 2. The van der Waals surface area contributed by atoms with E-state index < -0.39 is 0 Å². The first kappa shape index (κ1) is 26.9. The first-order valence-electron chi connectivity index (χ1n) is 12.7. The minimum Gasteiger partial charge on any atom is -0.384 e. The maximum absolute atomic E-state index is 4.26. The molecular weight excluding hydrogens is 438 g/mol. The van der Waals surface area contributed by atoms with Gasteiger partial charge in [-0.05, 0) is 72.6 Å². The summed E-state index contributed by atoms with van der Waals surface area (Å²) < 4.78 is 0. The number of rotatable bonds is 12. The normalized spacial score (nSPS) is 13.8. The maximum atomic E-state index is 4.26. The average molecular weight is 480 g/mol. The van der Waals surface area contributed by atoms with Crippen LogP contribution in [0.15, 0.2) is 104 Å². The van der Waals surface area contributed by atoms with Gasteiger partial charge in [0.25, 0.3) is 0 Å². The molecule has 0 aromatic heterocycles. The Morgan fingerprint density at radius 2 is 1.89 bits per heavy atom. The van der Waals surface area contributed by atoms with Crippen molar-refractivity contribution in [2.24, 2.45) is 0 Å². The van der Waals surface area contributed by atoms with Crippen LogP contribution >= 0.6 is 0 Å². The summed E-state index contributed by atoms with van der Waals surface area (Å²) in [5.41, 5.74) is 12.4. The number of allylic oxidation sites excluding steroid dienone is 3. The van der Waals surface area contributed by atoms with Crippen LogP contribution in [0, 0.1) is 6.92 Å². The van der Waals surface area contributed by atoms with Crippen molar-refractivity contribution in [3.05, 3.63) is 131 Å². The lowest BCUT2D eigenvalue weighted by Gasteiger charge is -2.23. The lowest BCUT2D eigenvalue weighted by molar-refractivity contribution is 0.583. The molecule has 2 aromatic carbocycles. The zero-order valence-corrected chi connectivity index (χ0v) is 22.3. The van der Waals surface area contributed by atoms with Gasteiger partial charge in [0.2, 0.25) is 0 Å². The van der Waals surface area contributed by atoms with Crippen LogP contribution in [0.4, 0.5) is 5.69 Å². The summed E-state index contributed by atoms with van der Waals surface area (Å²) in [6, 6.07) is 13.2. The van der Waals surface area contributed by atoms with Crippen LogP contribution in [0.2, 0.25) is 0 Å². The van der Waals surface area contributed by atoms with Crippen LogP contribution in [0.5, 0.6) is 0 Å². The van der Waals surface area contributed by atoms with Crippen molar-refractivity contribution in [1.29, 1.82) is 0 Å². The highest BCUT2D eigenvalue weighted by Crippen LogP contribution is 2.27. The Morgan fingerprint density at radius 1 is 1.11 bits per heavy atom. The van der Waals surface area contributed by atoms with Crippen molar-refractivity contribution in [3.8, 4) is 0 Å². The van der Waals surface area contributed by atoms with Gasteiger partial charge in [-0.25, -0.2) is 0 Å². The molecule has 0 spiro atoms. The monoisotopic (exact) mass is 479 g/mol. The van der Waals surface area contributed by atoms with Crippen LogP contribution in [-0.4, -0.2) is 0 Å². The molecule has 3 rings (SSSR count). The number of nitrogens with one attached hydrogen (secondary N) is 3. The number of hydrogen-bond donors (Lipinski definition) is 3. The van der Waals surface area contributed by atoms with Gasteiger partial charge in [0.15, 0.2) is 0 Å². The molecule has 0 amide bonds. The van der Waals surface area contributed by atoms with Crippen molar-refractivity contribution in [2.45, 2.75) is 59.0 Å². The van der Waals surface area contributed by atoms with Gasteiger partial charge < -0.3 is 16.0 Å². The fourth-order valence-electron chi connectivity index (χ4n) is 4.59. The van der Waals surface area contributed by atoms with E-state index in [2.05, 4.69) is 112 Å². The van der Waals surface area contributed by atoms with Crippen molar-refractivity contribution in [2.75, 3.05) is 5.32 Å². The van der Waals surface area contributed by atoms with Gasteiger partial charge in [-0.3, -0.25) is 0 Å². The highest BCUT2D eigenvalue weighted by molar-refractivity contribution is 5.59. The highest BCUT2D eigenvalue weighted by Gasteiger charge is 2.14. The predicted molar refractivity (Wildman–Crippen MR) is 158 cm³/mol. The van der Waals surface area contributed by atoms with Crippen molar-refractivity contribution < 1.29 is 0 Å². The van der Waals surface area contributed by atoms with Crippen LogP contribution in [0.1, 0.15) is 67.0 Å². The van der Waals surface area contributed by atoms with Gasteiger partial charge >= 0.3 is 0 Å². The molecule has 36 heavy (non-hydrogen) atoms. The summed E-state index contributed by atoms with van der Waals surface area (Å²) in [5, 5.41) is 10.5. The van der Waals surface area contributed by atoms with Crippen molar-refractivity contribution in [3.63, 3.8) is 0 Å². The molecule has 1 aliphatic rings. The minimum atomic E-state index is 0.182. The molecule has 188 valence electrons. The summed E-state index contributed by atoms with van der Waals surface area (Å²) in [6.07, 6.45) is 7.74. The van der Waals surface area contributed by atoms with Crippen molar-refractivity contribution in [1.82, 2.24) is 10.6 Å². The molecule has 3 nitrogen and oxygen atoms in total. The summed E-state index contributed by atoms with van der Waals surface area (Å²) in [7, 11) is 0. The Kier molecular flexibility index (Phi) is 9.19. The van der Waals surface area contributed by atoms with E-state index in [9.17, 15) is 0 Å². The molecule has 0 fully saturated rings. The minimum absolute atomic E-state index is 0.182. The Balaban J connectivity index is 1.53. The second-order valence-corrected chi connectivity index (χ2v) is 9.77. The third kappa shape index (κ3) is 7.14. The molecule has 1 heterocycles. The van der Waals surface area contributed by atoms with E-state index in [4.69, 9.17) is 0 Å². The molecule has 0 unspecified atom stereocenters. The molecule has 1 aliphatic heterocycles. The predicted octanol–water partition coefficient (Wildman–Crippen LogP) is 8.26. The third-order valence-corrected chi connectivity index (χ3v) is 6.69. The second kappa shape index (κ2) is 12.3. The smallest absolute Gasteiger partial charge is 0.0513 e. The van der Waals surface area contributed by atoms with Crippen LogP contribution < -0.4 is 16.0 Å². The Morgan fingerprint density at radius 3 is 2.58 bits per heavy atom. The lowest BCUT2D eigenvalue weighted by atomic mass is 9.96. The molecule has 1 atom stereocenters. The zero-order chi connectivity index (χ0) is 26.2. The number of fused-ring (bicyclic) bond motifs is 1. The Bertz CT molecular complexity index is 1210. The third-order valence-electron chi connectivity index (χ3n) is 6.69. The average Bonchev–Trinajstić information content (AvgIpc) is 2.85. The van der Waals surface area contributed by atoms with E-state index in [1.54, 1.807) is 0 Å². The van der Waals surface area contributed by atoms with E-state index in [1.165, 1.54) is 33.5 Å². The fraction of sp³-hybridized carbons (Fsp3) is 0.273. The first-order valence-corrected chi connectivity index (χ1v) is 12.7. The van der Waals surface area contributed by atoms with E-state index in [0.717, 1.165) is 60.5 Å². The molecule has 3 N–H and O–H groups in total. The van der Waals surface area contributed by atoms with Crippen LogP contribution in [0.25, 0.3) is 6.08 Å². The number of benzene rings is 2. The van der Waals surface area contributed by atoms with E-state index in [0.29, 0.717) is 0 Å². The van der Waals surface area contributed by atoms with Gasteiger partial charge in [0.1, 0.15) is 0 Å². The van der Waals surface area contributed by atoms with Crippen LogP contribution in [0.3, 0.4) is 0 Å².